The number of hydrogen-bond donors (Lipinski definition) is 1. The second-order valence-electron chi connectivity index (χ2n) is 4.21. The van der Waals surface area contributed by atoms with Gasteiger partial charge in [0.1, 0.15) is 0 Å². The van der Waals surface area contributed by atoms with E-state index in [9.17, 15) is 0 Å². The Bertz CT molecular complexity index is 531. The minimum atomic E-state index is 0.568. The molecule has 2 rings (SSSR count). The SMILES string of the molecule is Cc1cc(C)n(Cc2ccc(CN)cc2Br)n1. The van der Waals surface area contributed by atoms with Crippen LogP contribution in [-0.4, -0.2) is 9.78 Å². The van der Waals surface area contributed by atoms with E-state index in [-0.39, 0.29) is 0 Å². The van der Waals surface area contributed by atoms with Crippen LogP contribution in [0.15, 0.2) is 28.7 Å². The van der Waals surface area contributed by atoms with Gasteiger partial charge in [0.2, 0.25) is 0 Å². The second kappa shape index (κ2) is 5.02. The van der Waals surface area contributed by atoms with Gasteiger partial charge in [-0.1, -0.05) is 28.1 Å². The molecule has 0 radical (unpaired) electrons. The molecule has 0 fully saturated rings. The molecule has 2 aromatic rings. The van der Waals surface area contributed by atoms with E-state index >= 15 is 0 Å². The van der Waals surface area contributed by atoms with Crippen molar-refractivity contribution in [2.75, 3.05) is 0 Å². The van der Waals surface area contributed by atoms with E-state index in [4.69, 9.17) is 5.73 Å². The minimum absolute atomic E-state index is 0.568. The molecule has 90 valence electrons. The van der Waals surface area contributed by atoms with Crippen LogP contribution in [0.5, 0.6) is 0 Å². The van der Waals surface area contributed by atoms with E-state index in [2.05, 4.69) is 52.2 Å². The average Bonchev–Trinajstić information content (AvgIpc) is 2.60. The smallest absolute Gasteiger partial charge is 0.0673 e. The number of benzene rings is 1. The quantitative estimate of drug-likeness (QED) is 0.946. The first-order valence-corrected chi connectivity index (χ1v) is 6.38. The van der Waals surface area contributed by atoms with Gasteiger partial charge in [-0.15, -0.1) is 0 Å². The summed E-state index contributed by atoms with van der Waals surface area (Å²) in [6.07, 6.45) is 0. The Morgan fingerprint density at radius 3 is 2.59 bits per heavy atom. The normalized spacial score (nSPS) is 10.8. The summed E-state index contributed by atoms with van der Waals surface area (Å²) in [5.41, 5.74) is 10.2. The molecular weight excluding hydrogens is 278 g/mol. The van der Waals surface area contributed by atoms with Crippen molar-refractivity contribution in [2.24, 2.45) is 5.73 Å². The first-order valence-electron chi connectivity index (χ1n) is 5.58. The highest BCUT2D eigenvalue weighted by Gasteiger charge is 2.05. The Hall–Kier alpha value is -1.13. The van der Waals surface area contributed by atoms with E-state index < -0.39 is 0 Å². The molecule has 2 N–H and O–H groups in total. The van der Waals surface area contributed by atoms with E-state index in [0.717, 1.165) is 22.3 Å². The summed E-state index contributed by atoms with van der Waals surface area (Å²) in [7, 11) is 0. The minimum Gasteiger partial charge on any atom is -0.326 e. The molecule has 0 aliphatic rings. The van der Waals surface area contributed by atoms with Crippen LogP contribution in [0, 0.1) is 13.8 Å². The highest BCUT2D eigenvalue weighted by atomic mass is 79.9. The zero-order valence-corrected chi connectivity index (χ0v) is 11.7. The zero-order valence-electron chi connectivity index (χ0n) is 10.1. The van der Waals surface area contributed by atoms with Gasteiger partial charge in [0.25, 0.3) is 0 Å². The predicted octanol–water partition coefficient (Wildman–Crippen LogP) is 2.77. The van der Waals surface area contributed by atoms with Crippen molar-refractivity contribution < 1.29 is 0 Å². The highest BCUT2D eigenvalue weighted by Crippen LogP contribution is 2.20. The lowest BCUT2D eigenvalue weighted by atomic mass is 10.1. The molecule has 0 bridgehead atoms. The first-order chi connectivity index (χ1) is 8.10. The number of halogens is 1. The fourth-order valence-electron chi connectivity index (χ4n) is 1.84. The molecule has 1 aromatic carbocycles. The molecule has 4 heteroatoms. The van der Waals surface area contributed by atoms with Crippen molar-refractivity contribution in [1.82, 2.24) is 9.78 Å². The number of rotatable bonds is 3. The molecular formula is C13H16BrN3. The number of aromatic nitrogens is 2. The average molecular weight is 294 g/mol. The molecule has 0 atom stereocenters. The molecule has 0 saturated carbocycles. The Balaban J connectivity index is 2.27. The number of nitrogens with zero attached hydrogens (tertiary/aromatic N) is 2. The Morgan fingerprint density at radius 1 is 1.29 bits per heavy atom. The van der Waals surface area contributed by atoms with E-state index in [1.165, 1.54) is 11.3 Å². The molecule has 3 nitrogen and oxygen atoms in total. The van der Waals surface area contributed by atoms with Gasteiger partial charge in [0.05, 0.1) is 12.2 Å². The van der Waals surface area contributed by atoms with Crippen LogP contribution in [0.3, 0.4) is 0 Å². The Labute approximate surface area is 110 Å². The molecule has 17 heavy (non-hydrogen) atoms. The van der Waals surface area contributed by atoms with Gasteiger partial charge < -0.3 is 5.73 Å². The van der Waals surface area contributed by atoms with Gasteiger partial charge in [-0.05, 0) is 37.1 Å². The van der Waals surface area contributed by atoms with Gasteiger partial charge in [0, 0.05) is 16.7 Å². The van der Waals surface area contributed by atoms with Crippen LogP contribution in [0.1, 0.15) is 22.5 Å². The van der Waals surface area contributed by atoms with Crippen molar-refractivity contribution in [2.45, 2.75) is 26.9 Å². The van der Waals surface area contributed by atoms with Gasteiger partial charge in [-0.2, -0.15) is 5.10 Å². The zero-order chi connectivity index (χ0) is 12.4. The summed E-state index contributed by atoms with van der Waals surface area (Å²) in [5.74, 6) is 0. The number of aryl methyl sites for hydroxylation is 2. The number of hydrogen-bond acceptors (Lipinski definition) is 2. The monoisotopic (exact) mass is 293 g/mol. The molecule has 0 unspecified atom stereocenters. The summed E-state index contributed by atoms with van der Waals surface area (Å²) in [5, 5.41) is 4.46. The van der Waals surface area contributed by atoms with Gasteiger partial charge >= 0.3 is 0 Å². The largest absolute Gasteiger partial charge is 0.326 e. The van der Waals surface area contributed by atoms with Crippen molar-refractivity contribution in [1.29, 1.82) is 0 Å². The van der Waals surface area contributed by atoms with Crippen LogP contribution >= 0.6 is 15.9 Å². The molecule has 0 saturated heterocycles. The highest BCUT2D eigenvalue weighted by molar-refractivity contribution is 9.10. The topological polar surface area (TPSA) is 43.8 Å². The summed E-state index contributed by atoms with van der Waals surface area (Å²) < 4.78 is 3.10. The maximum Gasteiger partial charge on any atom is 0.0673 e. The first kappa shape index (κ1) is 12.3. The van der Waals surface area contributed by atoms with Gasteiger partial charge in [-0.25, -0.2) is 0 Å². The maximum atomic E-state index is 5.61. The molecule has 1 heterocycles. The lowest BCUT2D eigenvalue weighted by Crippen LogP contribution is -2.05. The van der Waals surface area contributed by atoms with Crippen LogP contribution in [0.25, 0.3) is 0 Å². The molecule has 0 amide bonds. The third-order valence-corrected chi connectivity index (χ3v) is 3.51. The lowest BCUT2D eigenvalue weighted by Gasteiger charge is -2.08. The fourth-order valence-corrected chi connectivity index (χ4v) is 2.39. The lowest BCUT2D eigenvalue weighted by molar-refractivity contribution is 0.657. The summed E-state index contributed by atoms with van der Waals surface area (Å²) in [6.45, 7) is 5.43. The fraction of sp³-hybridized carbons (Fsp3) is 0.308. The van der Waals surface area contributed by atoms with Crippen LogP contribution in [0.4, 0.5) is 0 Å². The molecule has 0 aliphatic carbocycles. The van der Waals surface area contributed by atoms with Gasteiger partial charge in [-0.3, -0.25) is 4.68 Å². The second-order valence-corrected chi connectivity index (χ2v) is 5.07. The standard InChI is InChI=1S/C13H16BrN3/c1-9-5-10(2)17(16-9)8-12-4-3-11(7-15)6-13(12)14/h3-6H,7-8,15H2,1-2H3. The molecule has 0 spiro atoms. The van der Waals surface area contributed by atoms with Crippen LogP contribution in [0.2, 0.25) is 0 Å². The van der Waals surface area contributed by atoms with Crippen molar-refractivity contribution in [3.63, 3.8) is 0 Å². The van der Waals surface area contributed by atoms with Gasteiger partial charge in [0.15, 0.2) is 0 Å². The molecule has 1 aromatic heterocycles. The summed E-state index contributed by atoms with van der Waals surface area (Å²) in [4.78, 5) is 0. The predicted molar refractivity (Wildman–Crippen MR) is 72.8 cm³/mol. The summed E-state index contributed by atoms with van der Waals surface area (Å²) >= 11 is 3.58. The van der Waals surface area contributed by atoms with Crippen molar-refractivity contribution >= 4 is 15.9 Å². The third kappa shape index (κ3) is 2.76. The number of nitrogens with two attached hydrogens (primary N) is 1. The summed E-state index contributed by atoms with van der Waals surface area (Å²) in [6, 6.07) is 8.32. The van der Waals surface area contributed by atoms with Crippen molar-refractivity contribution in [3.05, 3.63) is 51.3 Å². The van der Waals surface area contributed by atoms with E-state index in [0.29, 0.717) is 6.54 Å². The van der Waals surface area contributed by atoms with E-state index in [1.807, 2.05) is 11.6 Å². The Kier molecular flexibility index (Phi) is 3.64. The maximum absolute atomic E-state index is 5.61. The van der Waals surface area contributed by atoms with E-state index in [1.54, 1.807) is 0 Å². The molecule has 0 aliphatic heterocycles. The van der Waals surface area contributed by atoms with Crippen LogP contribution < -0.4 is 5.73 Å². The van der Waals surface area contributed by atoms with Crippen molar-refractivity contribution in [3.8, 4) is 0 Å². The third-order valence-electron chi connectivity index (χ3n) is 2.78. The Morgan fingerprint density at radius 2 is 2.06 bits per heavy atom. The van der Waals surface area contributed by atoms with Crippen LogP contribution in [-0.2, 0) is 13.1 Å².